The lowest BCUT2D eigenvalue weighted by atomic mass is 9.96. The minimum Gasteiger partial charge on any atom is -0.455 e. The third-order valence-electron chi connectivity index (χ3n) is 7.25. The Morgan fingerprint density at radius 2 is 1.27 bits per heavy atom. The summed E-state index contributed by atoms with van der Waals surface area (Å²) >= 11 is 0. The zero-order chi connectivity index (χ0) is 30.4. The quantitative estimate of drug-likeness (QED) is 0.131. The number of carbonyl (C=O) groups is 3. The predicted octanol–water partition coefficient (Wildman–Crippen LogP) is -0.995. The predicted molar refractivity (Wildman–Crippen MR) is 134 cm³/mol. The number of hydrogen-bond acceptors (Lipinski definition) is 14. The molecular weight excluding hydrogens is 536 g/mol. The summed E-state index contributed by atoms with van der Waals surface area (Å²) in [4.78, 5) is 38.5. The summed E-state index contributed by atoms with van der Waals surface area (Å²) in [6.45, 7) is 7.29. The Morgan fingerprint density at radius 1 is 0.775 bits per heavy atom. The monoisotopic (exact) mass is 580 g/mol. The summed E-state index contributed by atoms with van der Waals surface area (Å²) in [7, 11) is 0. The first-order valence-electron chi connectivity index (χ1n) is 13.6. The molecule has 14 heteroatoms. The van der Waals surface area contributed by atoms with Crippen molar-refractivity contribution in [2.75, 3.05) is 19.8 Å². The van der Waals surface area contributed by atoms with Gasteiger partial charge in [0.05, 0.1) is 31.0 Å². The first-order chi connectivity index (χ1) is 18.8. The van der Waals surface area contributed by atoms with Crippen LogP contribution in [-0.4, -0.2) is 118 Å². The third-order valence-corrected chi connectivity index (χ3v) is 7.25. The summed E-state index contributed by atoms with van der Waals surface area (Å²) in [6.07, 6.45) is -11.9. The highest BCUT2D eigenvalue weighted by Crippen LogP contribution is 2.38. The van der Waals surface area contributed by atoms with Crippen molar-refractivity contribution < 1.29 is 68.3 Å². The topological polar surface area (TPSA) is 208 Å². The van der Waals surface area contributed by atoms with Crippen LogP contribution in [0.15, 0.2) is 0 Å². The van der Waals surface area contributed by atoms with Gasteiger partial charge in [0.1, 0.15) is 31.0 Å². The van der Waals surface area contributed by atoms with Crippen LogP contribution >= 0.6 is 0 Å². The van der Waals surface area contributed by atoms with Crippen LogP contribution in [0.5, 0.6) is 0 Å². The molecule has 0 aromatic rings. The molecule has 2 rings (SSSR count). The summed E-state index contributed by atoms with van der Waals surface area (Å²) in [5.74, 6) is -6.39. The molecule has 2 unspecified atom stereocenters. The van der Waals surface area contributed by atoms with Crippen LogP contribution in [-0.2, 0) is 42.8 Å². The van der Waals surface area contributed by atoms with Crippen molar-refractivity contribution >= 4 is 17.9 Å². The summed E-state index contributed by atoms with van der Waals surface area (Å²) in [5, 5.41) is 50.8. The molecule has 40 heavy (non-hydrogen) atoms. The van der Waals surface area contributed by atoms with Gasteiger partial charge in [0, 0.05) is 0 Å². The minimum atomic E-state index is -2.37. The van der Waals surface area contributed by atoms with Gasteiger partial charge in [-0.15, -0.1) is 0 Å². The molecule has 2 aliphatic heterocycles. The maximum Gasteiger partial charge on any atom is 0.309 e. The summed E-state index contributed by atoms with van der Waals surface area (Å²) in [5.41, 5.74) is 0. The van der Waals surface area contributed by atoms with Crippen LogP contribution in [0.1, 0.15) is 54.4 Å². The Hall–Kier alpha value is -1.91. The molecular formula is C26H44O14. The van der Waals surface area contributed by atoms with Crippen LogP contribution in [0, 0.1) is 17.8 Å². The molecule has 0 amide bonds. The van der Waals surface area contributed by atoms with Crippen molar-refractivity contribution in [1.29, 1.82) is 0 Å². The molecule has 0 bridgehead atoms. The van der Waals surface area contributed by atoms with Gasteiger partial charge in [0.15, 0.2) is 18.3 Å². The molecule has 5 N–H and O–H groups in total. The van der Waals surface area contributed by atoms with Gasteiger partial charge in [-0.2, -0.15) is 0 Å². The molecule has 14 nitrogen and oxygen atoms in total. The lowest BCUT2D eigenvalue weighted by molar-refractivity contribution is -0.384. The van der Waals surface area contributed by atoms with Gasteiger partial charge < -0.3 is 54.0 Å². The molecule has 2 saturated heterocycles. The average molecular weight is 581 g/mol. The second-order valence-corrected chi connectivity index (χ2v) is 10.6. The second-order valence-electron chi connectivity index (χ2n) is 10.6. The number of hydrogen-bond donors (Lipinski definition) is 5. The van der Waals surface area contributed by atoms with Gasteiger partial charge >= 0.3 is 17.9 Å². The summed E-state index contributed by atoms with van der Waals surface area (Å²) in [6, 6.07) is 0. The largest absolute Gasteiger partial charge is 0.455 e. The van der Waals surface area contributed by atoms with Gasteiger partial charge in [0.2, 0.25) is 12.1 Å². The summed E-state index contributed by atoms with van der Waals surface area (Å²) < 4.78 is 34.1. The molecule has 0 aromatic heterocycles. The molecule has 232 valence electrons. The van der Waals surface area contributed by atoms with E-state index in [2.05, 4.69) is 0 Å². The van der Waals surface area contributed by atoms with E-state index in [0.29, 0.717) is 12.8 Å². The van der Waals surface area contributed by atoms with Crippen LogP contribution < -0.4 is 0 Å². The van der Waals surface area contributed by atoms with Crippen LogP contribution in [0.2, 0.25) is 0 Å². The Labute approximate surface area is 233 Å². The molecule has 0 aliphatic carbocycles. The molecule has 0 radical (unpaired) electrons. The number of esters is 3. The average Bonchev–Trinajstić information content (AvgIpc) is 3.19. The van der Waals surface area contributed by atoms with E-state index >= 15 is 0 Å². The second kappa shape index (κ2) is 14.8. The van der Waals surface area contributed by atoms with Crippen molar-refractivity contribution in [1.82, 2.24) is 0 Å². The number of aliphatic hydroxyl groups excluding tert-OH is 5. The van der Waals surface area contributed by atoms with Crippen molar-refractivity contribution in [3.05, 3.63) is 0 Å². The fourth-order valence-electron chi connectivity index (χ4n) is 4.09. The van der Waals surface area contributed by atoms with Crippen LogP contribution in [0.4, 0.5) is 0 Å². The van der Waals surface area contributed by atoms with Gasteiger partial charge in [-0.3, -0.25) is 14.4 Å². The van der Waals surface area contributed by atoms with E-state index in [1.165, 1.54) is 0 Å². The maximum atomic E-state index is 13.0. The number of aliphatic hydroxyl groups is 5. The third kappa shape index (κ3) is 7.48. The molecule has 0 aromatic carbocycles. The van der Waals surface area contributed by atoms with E-state index in [1.54, 1.807) is 41.5 Å². The molecule has 11 atom stereocenters. The zero-order valence-electron chi connectivity index (χ0n) is 23.8. The van der Waals surface area contributed by atoms with E-state index in [1.807, 2.05) is 0 Å². The van der Waals surface area contributed by atoms with E-state index < -0.39 is 110 Å². The lowest BCUT2D eigenvalue weighted by Crippen LogP contribution is -2.65. The van der Waals surface area contributed by atoms with Gasteiger partial charge in [-0.25, -0.2) is 0 Å². The van der Waals surface area contributed by atoms with E-state index in [9.17, 15) is 39.9 Å². The molecule has 2 fully saturated rings. The fraction of sp³-hybridized carbons (Fsp3) is 0.885. The molecule has 2 aliphatic rings. The van der Waals surface area contributed by atoms with Crippen LogP contribution in [0.25, 0.3) is 0 Å². The van der Waals surface area contributed by atoms with Crippen molar-refractivity contribution in [3.63, 3.8) is 0 Å². The van der Waals surface area contributed by atoms with Gasteiger partial charge in [-0.1, -0.05) is 41.5 Å². The number of ether oxygens (including phenoxy) is 6. The highest BCUT2D eigenvalue weighted by atomic mass is 16.8. The highest BCUT2D eigenvalue weighted by molar-refractivity contribution is 5.74. The van der Waals surface area contributed by atoms with Gasteiger partial charge in [0.25, 0.3) is 0 Å². The zero-order valence-corrected chi connectivity index (χ0v) is 23.8. The molecule has 0 spiro atoms. The molecule has 2 heterocycles. The van der Waals surface area contributed by atoms with Crippen molar-refractivity contribution in [2.24, 2.45) is 17.8 Å². The standard InChI is InChI=1S/C26H44O14/c1-7-13(5)23(33)36-18-16(10-28)35-25(40-26(11-29)21(31)17(30)15(9-27)39-26)20(38-24(34)14(6)8-2)19(18)37-22(32)12(3)4/h12-21,25,27-31H,7-11H2,1-6H3/t13?,14?,15-,16-,17-,18-,19+,20-,21+,25-,26+/m1/s1. The Bertz CT molecular complexity index is 851. The maximum absolute atomic E-state index is 13.0. The van der Waals surface area contributed by atoms with E-state index in [-0.39, 0.29) is 0 Å². The first kappa shape index (κ1) is 34.3. The normalized spacial score (nSPS) is 35.7. The van der Waals surface area contributed by atoms with Gasteiger partial charge in [-0.05, 0) is 12.8 Å². The molecule has 0 saturated carbocycles. The van der Waals surface area contributed by atoms with Crippen LogP contribution in [0.3, 0.4) is 0 Å². The highest BCUT2D eigenvalue weighted by Gasteiger charge is 2.60. The smallest absolute Gasteiger partial charge is 0.309 e. The fourth-order valence-corrected chi connectivity index (χ4v) is 4.09. The Kier molecular flexibility index (Phi) is 12.7. The minimum absolute atomic E-state index is 0.382. The van der Waals surface area contributed by atoms with Crippen molar-refractivity contribution in [3.8, 4) is 0 Å². The van der Waals surface area contributed by atoms with Crippen molar-refractivity contribution in [2.45, 2.75) is 109 Å². The lowest BCUT2D eigenvalue weighted by Gasteiger charge is -2.46. The SMILES string of the molecule is CCC(C)C(=O)O[C@H]1[C@@H](O[C@]2(CO)O[C@H](CO)[C@@H](O)[C@@H]2O)O[C@H](CO)[C@@H](OC(=O)C(C)CC)[C@@H]1OC(=O)C(C)C. The van der Waals surface area contributed by atoms with E-state index in [4.69, 9.17) is 28.4 Å². The van der Waals surface area contributed by atoms with E-state index in [0.717, 1.165) is 0 Å². The first-order valence-corrected chi connectivity index (χ1v) is 13.6. The number of rotatable bonds is 13. The Morgan fingerprint density at radius 3 is 1.70 bits per heavy atom. The number of carbonyl (C=O) groups excluding carboxylic acids is 3. The Balaban J connectivity index is 2.60.